The van der Waals surface area contributed by atoms with E-state index >= 15 is 9.90 Å². The van der Waals surface area contributed by atoms with E-state index in [9.17, 15) is 40.2 Å². The number of carbonyl (C=O) groups excluding carboxylic acids is 3. The van der Waals surface area contributed by atoms with E-state index in [1.54, 1.807) is 40.6 Å². The van der Waals surface area contributed by atoms with Gasteiger partial charge in [0.15, 0.2) is 17.5 Å². The van der Waals surface area contributed by atoms with Crippen molar-refractivity contribution in [2.75, 3.05) is 37.8 Å². The van der Waals surface area contributed by atoms with Gasteiger partial charge in [-0.05, 0) is 178 Å². The quantitative estimate of drug-likeness (QED) is 0.0316. The molecule has 2 aliphatic heterocycles. The molecule has 13 N–H and O–H groups in total. The van der Waals surface area contributed by atoms with Crippen LogP contribution in [0.2, 0.25) is 0 Å². The van der Waals surface area contributed by atoms with Gasteiger partial charge in [-0.1, -0.05) is 71.1 Å². The van der Waals surface area contributed by atoms with Crippen molar-refractivity contribution < 1.29 is 54.9 Å². The number of aromatic nitrogens is 1. The molecule has 7 fully saturated rings. The molecule has 1 aromatic heterocycles. The number of H-pyrrole nitrogens is 1. The molecule has 0 radical (unpaired) electrons. The predicted octanol–water partition coefficient (Wildman–Crippen LogP) is 7.03. The SMILES string of the molecule is C[C@@H]1CCC2=CC[C@H]3[C@H](CO)C[C@@H](O)[C@](C)(O)[C@H]4[C@@H](CC#C[C@H]([C@@H]5COC(=O)[C@@H]5c5cc[nH]c5)C[C@@H]3[C@H]2C1)C[C@@]1(O)C2=C3NCC(=O)C[C@H](c5ccc(O)cc5)CSSC[C@@H]5[C@@H](O)[C@@H](O)C[C@@](C6CCCC6)([C@@H]5C3=O)[C@H]2CC[C@]41CCN=C(N)N. The second-order valence-electron chi connectivity index (χ2n) is 28.2. The number of carbonyl (C=O) groups is 3. The van der Waals surface area contributed by atoms with Gasteiger partial charge >= 0.3 is 5.97 Å². The van der Waals surface area contributed by atoms with Crippen LogP contribution < -0.4 is 16.8 Å². The highest BCUT2D eigenvalue weighted by Gasteiger charge is 2.76. The van der Waals surface area contributed by atoms with Crippen LogP contribution in [-0.2, 0) is 19.1 Å². The third kappa shape index (κ3) is 10.6. The number of aliphatic imine (C=N–C) groups is 1. The fraction of sp³-hybridized carbons (Fsp3) is 0.701. The molecule has 0 amide bonds. The summed E-state index contributed by atoms with van der Waals surface area (Å²) in [5.74, 6) is 2.98. The number of cyclic esters (lactones) is 1. The molecule has 0 unspecified atom stereocenters. The first-order chi connectivity index (χ1) is 40.8. The van der Waals surface area contributed by atoms with E-state index in [-0.39, 0.29) is 141 Å². The van der Waals surface area contributed by atoms with E-state index in [2.05, 4.69) is 40.1 Å². The van der Waals surface area contributed by atoms with Gasteiger partial charge in [0.1, 0.15) is 5.75 Å². The molecular weight excluding hydrogens is 1110 g/mol. The molecule has 462 valence electrons. The summed E-state index contributed by atoms with van der Waals surface area (Å²) in [6, 6.07) is 8.81. The van der Waals surface area contributed by atoms with Crippen LogP contribution in [0.3, 0.4) is 0 Å². The van der Waals surface area contributed by atoms with Gasteiger partial charge in [0.25, 0.3) is 0 Å². The molecule has 2 bridgehead atoms. The van der Waals surface area contributed by atoms with E-state index in [1.807, 2.05) is 30.6 Å². The van der Waals surface area contributed by atoms with Crippen molar-refractivity contribution in [3.63, 3.8) is 0 Å². The maximum atomic E-state index is 16.6. The molecule has 16 nitrogen and oxygen atoms in total. The number of esters is 1. The van der Waals surface area contributed by atoms with E-state index in [0.29, 0.717) is 48.7 Å². The summed E-state index contributed by atoms with van der Waals surface area (Å²) in [6.45, 7) is 3.77. The number of aromatic hydroxyl groups is 1. The highest BCUT2D eigenvalue weighted by atomic mass is 33.1. The number of rotatable bonds is 8. The number of ether oxygens (including phenoxy) is 1. The first-order valence-electron chi connectivity index (χ1n) is 32.0. The van der Waals surface area contributed by atoms with E-state index in [1.165, 1.54) is 5.57 Å². The van der Waals surface area contributed by atoms with Crippen molar-refractivity contribution in [1.29, 1.82) is 0 Å². The number of nitrogens with two attached hydrogens (primary N) is 2. The number of phenolic OH excluding ortho intramolecular Hbond substituents is 1. The number of allylic oxidation sites excluding steroid dienone is 3. The van der Waals surface area contributed by atoms with Crippen molar-refractivity contribution in [2.24, 2.45) is 104 Å². The summed E-state index contributed by atoms with van der Waals surface area (Å²) in [6.07, 6.45) is 11.6. The number of ketones is 2. The predicted molar refractivity (Wildman–Crippen MR) is 327 cm³/mol. The lowest BCUT2D eigenvalue weighted by Crippen LogP contribution is -2.69. The Kier molecular flexibility index (Phi) is 17.4. The molecule has 85 heavy (non-hydrogen) atoms. The summed E-state index contributed by atoms with van der Waals surface area (Å²) in [7, 11) is 3.13. The number of hydrogen-bond acceptors (Lipinski definition) is 15. The number of guanidine groups is 1. The van der Waals surface area contributed by atoms with E-state index in [4.69, 9.17) is 16.2 Å². The number of aliphatic hydroxyl groups is 6. The van der Waals surface area contributed by atoms with Gasteiger partial charge in [0.2, 0.25) is 0 Å². The number of Topliss-reactive ketones (excluding diaryl/α,β-unsaturated/α-hetero) is 2. The number of aromatic amines is 1. The van der Waals surface area contributed by atoms with Crippen LogP contribution in [0.5, 0.6) is 5.75 Å². The molecule has 0 spiro atoms. The molecule has 5 saturated carbocycles. The summed E-state index contributed by atoms with van der Waals surface area (Å²) in [5.41, 5.74) is 9.96. The van der Waals surface area contributed by atoms with Gasteiger partial charge in [0, 0.05) is 90.8 Å². The number of benzene rings is 1. The molecule has 21 atom stereocenters. The van der Waals surface area contributed by atoms with Crippen molar-refractivity contribution >= 4 is 45.1 Å². The second kappa shape index (κ2) is 24.2. The number of aliphatic hydroxyl groups excluding tert-OH is 4. The summed E-state index contributed by atoms with van der Waals surface area (Å²) < 4.78 is 5.97. The van der Waals surface area contributed by atoms with Crippen LogP contribution in [0, 0.1) is 99.6 Å². The van der Waals surface area contributed by atoms with Crippen molar-refractivity contribution in [1.82, 2.24) is 10.3 Å². The first-order valence-corrected chi connectivity index (χ1v) is 34.5. The minimum absolute atomic E-state index is 0.0221. The molecule has 8 aliphatic carbocycles. The van der Waals surface area contributed by atoms with Crippen molar-refractivity contribution in [3.05, 3.63) is 76.8 Å². The Morgan fingerprint density at radius 3 is 2.44 bits per heavy atom. The van der Waals surface area contributed by atoms with Gasteiger partial charge in [-0.2, -0.15) is 0 Å². The molecule has 12 rings (SSSR count). The van der Waals surface area contributed by atoms with Crippen molar-refractivity contribution in [3.8, 4) is 17.6 Å². The molecule has 2 aromatic rings. The summed E-state index contributed by atoms with van der Waals surface area (Å²) >= 11 is 0. The Hall–Kier alpha value is -4.32. The molecular formula is C67H91N5O11S2. The zero-order valence-corrected chi connectivity index (χ0v) is 51.1. The average molecular weight is 1210 g/mol. The van der Waals surface area contributed by atoms with Crippen LogP contribution in [0.4, 0.5) is 0 Å². The molecule has 1 aromatic carbocycles. The van der Waals surface area contributed by atoms with Gasteiger partial charge in [-0.25, -0.2) is 0 Å². The number of phenols is 1. The summed E-state index contributed by atoms with van der Waals surface area (Å²) in [5, 5.41) is 92.2. The van der Waals surface area contributed by atoms with Gasteiger partial charge in [-0.15, -0.1) is 5.92 Å². The Bertz CT molecular complexity index is 2970. The number of nitrogens with zero attached hydrogens (tertiary/aromatic N) is 1. The minimum Gasteiger partial charge on any atom is -0.508 e. The zero-order chi connectivity index (χ0) is 59.7. The zero-order valence-electron chi connectivity index (χ0n) is 49.5. The lowest BCUT2D eigenvalue weighted by atomic mass is 9.40. The maximum Gasteiger partial charge on any atom is 0.313 e. The molecule has 10 aliphatic rings. The van der Waals surface area contributed by atoms with E-state index < -0.39 is 81.8 Å². The van der Waals surface area contributed by atoms with Crippen LogP contribution in [0.1, 0.15) is 146 Å². The minimum atomic E-state index is -1.93. The van der Waals surface area contributed by atoms with Crippen LogP contribution in [-0.4, -0.2) is 132 Å². The number of fused-ring (bicyclic) bond motifs is 10. The highest BCUT2D eigenvalue weighted by molar-refractivity contribution is 8.76. The Balaban J connectivity index is 1.03. The van der Waals surface area contributed by atoms with Crippen LogP contribution in [0.25, 0.3) is 0 Å². The smallest absolute Gasteiger partial charge is 0.313 e. The van der Waals surface area contributed by atoms with Crippen LogP contribution in [0.15, 0.2) is 70.6 Å². The first kappa shape index (κ1) is 60.9. The van der Waals surface area contributed by atoms with Gasteiger partial charge < -0.3 is 62.3 Å². The lowest BCUT2D eigenvalue weighted by Gasteiger charge is -2.65. The fourth-order valence-electron chi connectivity index (χ4n) is 20.5. The third-order valence-corrected chi connectivity index (χ3v) is 26.6. The van der Waals surface area contributed by atoms with Crippen molar-refractivity contribution in [2.45, 2.75) is 164 Å². The molecule has 2 saturated heterocycles. The monoisotopic (exact) mass is 1210 g/mol. The third-order valence-electron chi connectivity index (χ3n) is 24.1. The van der Waals surface area contributed by atoms with Gasteiger partial charge in [-0.3, -0.25) is 19.4 Å². The average Bonchev–Trinajstić information content (AvgIpc) is 1.65. The number of hydrogen-bond donors (Lipinski definition) is 11. The standard InChI is InChI=1S/C67H91N5O11S2/c1-36-10-11-38-14-17-47-42(32-73)27-54(77)64(2,81)61-40(7-5-6-39(26-49(47)48(38)24-36)50-33-83-62(80)55(50)41-19-22-70-30-41)28-67(82)57-52(18-20-65(61,67)21-23-71-63(68)69)66(44-8-3-4-9-44)29-53(76)59(78)51-35-85-84-34-43(37-12-15-45(74)16-13-37)25-46(75)31-72-58(57)60(79)56(51)66/h12-16,19,22,30,36,39-40,42-44,47-56,59,61,70,72-74,76-78,81-82H,3-4,7-11,17-18,20-21,23-29,31-35H2,1-2H3,(H4,68,69,71)/t36-,39+,40+,42+,43+,47+,48+,49+,50+,51+,52+,53+,54-,55-,56+,59-,61-,64+,65+,66+,67-/m1/s1. The largest absolute Gasteiger partial charge is 0.508 e. The normalized spacial score (nSPS) is 43.3. The topological polar surface area (TPSA) is 294 Å². The molecule has 18 heteroatoms. The maximum absolute atomic E-state index is 16.6. The molecule has 3 heterocycles. The summed E-state index contributed by atoms with van der Waals surface area (Å²) in [4.78, 5) is 52.8. The Morgan fingerprint density at radius 2 is 1.69 bits per heavy atom. The Labute approximate surface area is 508 Å². The van der Waals surface area contributed by atoms with E-state index in [0.717, 1.165) is 56.1 Å². The lowest BCUT2D eigenvalue weighted by molar-refractivity contribution is -0.203. The second-order valence-corrected chi connectivity index (χ2v) is 30.8. The van der Waals surface area contributed by atoms with Gasteiger partial charge in [0.05, 0.1) is 54.3 Å². The van der Waals surface area contributed by atoms with Crippen LogP contribution >= 0.6 is 21.6 Å². The highest BCUT2D eigenvalue weighted by Crippen LogP contribution is 2.75. The number of nitrogens with one attached hydrogen (secondary N) is 2. The fourth-order valence-corrected chi connectivity index (χ4v) is 23.2. The Morgan fingerprint density at radius 1 is 0.918 bits per heavy atom.